The van der Waals surface area contributed by atoms with E-state index in [0.29, 0.717) is 5.92 Å². The van der Waals surface area contributed by atoms with Gasteiger partial charge in [-0.3, -0.25) is 9.59 Å². The Balaban J connectivity index is 2.28. The number of hydrogen-bond donors (Lipinski definition) is 0. The summed E-state index contributed by atoms with van der Waals surface area (Å²) in [5.74, 6) is 0.0763. The van der Waals surface area contributed by atoms with E-state index in [2.05, 4.69) is 13.8 Å². The van der Waals surface area contributed by atoms with Crippen LogP contribution < -0.4 is 0 Å². The zero-order valence-electron chi connectivity index (χ0n) is 10.9. The van der Waals surface area contributed by atoms with Crippen LogP contribution in [0.5, 0.6) is 0 Å². The summed E-state index contributed by atoms with van der Waals surface area (Å²) in [6, 6.07) is 0. The minimum Gasteiger partial charge on any atom is -0.425 e. The second kappa shape index (κ2) is 4.00. The highest BCUT2D eigenvalue weighted by Gasteiger charge is 2.60. The van der Waals surface area contributed by atoms with E-state index in [9.17, 15) is 9.59 Å². The van der Waals surface area contributed by atoms with Crippen molar-refractivity contribution in [2.75, 3.05) is 0 Å². The lowest BCUT2D eigenvalue weighted by Gasteiger charge is -2.41. The first-order chi connectivity index (χ1) is 7.84. The largest absolute Gasteiger partial charge is 0.425 e. The maximum Gasteiger partial charge on any atom is 0.313 e. The number of carbonyl (C=O) groups is 2. The maximum atomic E-state index is 11.9. The van der Waals surface area contributed by atoms with Crippen molar-refractivity contribution >= 4 is 11.9 Å². The van der Waals surface area contributed by atoms with Crippen LogP contribution in [0.2, 0.25) is 0 Å². The van der Waals surface area contributed by atoms with Crippen molar-refractivity contribution < 1.29 is 19.1 Å². The smallest absolute Gasteiger partial charge is 0.313 e. The van der Waals surface area contributed by atoms with Crippen LogP contribution in [0.4, 0.5) is 0 Å². The van der Waals surface area contributed by atoms with Crippen molar-refractivity contribution in [3.63, 3.8) is 0 Å². The van der Waals surface area contributed by atoms with Crippen LogP contribution in [-0.2, 0) is 19.1 Å². The summed E-state index contributed by atoms with van der Waals surface area (Å²) in [6.45, 7) is 7.60. The fourth-order valence-electron chi connectivity index (χ4n) is 3.75. The van der Waals surface area contributed by atoms with Gasteiger partial charge in [-0.2, -0.15) is 0 Å². The predicted octanol–water partition coefficient (Wildman–Crippen LogP) is 2.12. The normalized spacial score (nSPS) is 45.1. The predicted molar refractivity (Wildman–Crippen MR) is 60.8 cm³/mol. The van der Waals surface area contributed by atoms with Gasteiger partial charge in [0.2, 0.25) is 0 Å². The molecule has 0 spiro atoms. The molecule has 17 heavy (non-hydrogen) atoms. The Morgan fingerprint density at radius 2 is 2.12 bits per heavy atom. The van der Waals surface area contributed by atoms with Crippen LogP contribution in [0, 0.1) is 23.2 Å². The lowest BCUT2D eigenvalue weighted by atomic mass is 9.61. The molecule has 4 nitrogen and oxygen atoms in total. The highest BCUT2D eigenvalue weighted by molar-refractivity contribution is 5.77. The lowest BCUT2D eigenvalue weighted by molar-refractivity contribution is -0.190. The minimum absolute atomic E-state index is 0.136. The van der Waals surface area contributed by atoms with Crippen molar-refractivity contribution in [2.45, 2.75) is 46.8 Å². The minimum atomic E-state index is -0.706. The molecule has 0 bridgehead atoms. The Morgan fingerprint density at radius 3 is 2.71 bits per heavy atom. The third kappa shape index (κ3) is 1.94. The molecule has 1 saturated heterocycles. The van der Waals surface area contributed by atoms with Crippen LogP contribution in [-0.4, -0.2) is 18.2 Å². The molecule has 0 aromatic rings. The summed E-state index contributed by atoms with van der Waals surface area (Å²) in [4.78, 5) is 23.0. The fourth-order valence-corrected chi connectivity index (χ4v) is 3.75. The van der Waals surface area contributed by atoms with E-state index in [4.69, 9.17) is 9.47 Å². The van der Waals surface area contributed by atoms with Gasteiger partial charge < -0.3 is 9.47 Å². The average Bonchev–Trinajstić information content (AvgIpc) is 2.36. The highest BCUT2D eigenvalue weighted by atomic mass is 16.7. The molecule has 1 heterocycles. The number of fused-ring (bicyclic) bond motifs is 1. The van der Waals surface area contributed by atoms with Gasteiger partial charge in [0.05, 0.1) is 11.3 Å². The van der Waals surface area contributed by atoms with Crippen molar-refractivity contribution in [1.29, 1.82) is 0 Å². The third-order valence-corrected chi connectivity index (χ3v) is 4.13. The van der Waals surface area contributed by atoms with Gasteiger partial charge in [-0.15, -0.1) is 0 Å². The van der Waals surface area contributed by atoms with Crippen molar-refractivity contribution in [3.8, 4) is 0 Å². The van der Waals surface area contributed by atoms with Crippen LogP contribution in [0.1, 0.15) is 40.5 Å². The van der Waals surface area contributed by atoms with Crippen molar-refractivity contribution in [2.24, 2.45) is 23.2 Å². The van der Waals surface area contributed by atoms with Crippen LogP contribution in [0.3, 0.4) is 0 Å². The van der Waals surface area contributed by atoms with E-state index in [1.165, 1.54) is 6.92 Å². The van der Waals surface area contributed by atoms with Gasteiger partial charge in [-0.1, -0.05) is 20.8 Å². The fraction of sp³-hybridized carbons (Fsp3) is 0.846. The van der Waals surface area contributed by atoms with Crippen molar-refractivity contribution in [3.05, 3.63) is 0 Å². The van der Waals surface area contributed by atoms with Crippen molar-refractivity contribution in [1.82, 2.24) is 0 Å². The summed E-state index contributed by atoms with van der Waals surface area (Å²) >= 11 is 0. The molecule has 0 radical (unpaired) electrons. The molecule has 1 aliphatic carbocycles. The Morgan fingerprint density at radius 1 is 1.47 bits per heavy atom. The third-order valence-electron chi connectivity index (χ3n) is 4.13. The summed E-state index contributed by atoms with van der Waals surface area (Å²) in [5.41, 5.74) is -0.361. The van der Waals surface area contributed by atoms with Crippen LogP contribution >= 0.6 is 0 Å². The number of carbonyl (C=O) groups excluding carboxylic acids is 2. The van der Waals surface area contributed by atoms with Gasteiger partial charge in [0.1, 0.15) is 0 Å². The number of hydrogen-bond acceptors (Lipinski definition) is 4. The molecular weight excluding hydrogens is 220 g/mol. The van der Waals surface area contributed by atoms with Gasteiger partial charge >= 0.3 is 11.9 Å². The molecule has 96 valence electrons. The number of esters is 2. The van der Waals surface area contributed by atoms with Crippen LogP contribution in [0.25, 0.3) is 0 Å². The second-order valence-corrected chi connectivity index (χ2v) is 5.88. The second-order valence-electron chi connectivity index (χ2n) is 5.88. The Bertz CT molecular complexity index is 351. The highest BCUT2D eigenvalue weighted by Crippen LogP contribution is 2.54. The molecule has 0 N–H and O–H groups in total. The summed E-state index contributed by atoms with van der Waals surface area (Å²) in [7, 11) is 0. The molecule has 0 aromatic heterocycles. The standard InChI is InChI=1S/C13H20O4/c1-7-5-8(2)10-11(15)17-12(16-9(3)14)13(10,4)6-7/h7-8,10,12H,5-6H2,1-4H3/t7-,8+,10-,12+,13-/m1/s1. The maximum absolute atomic E-state index is 11.9. The van der Waals surface area contributed by atoms with Gasteiger partial charge in [-0.25, -0.2) is 0 Å². The summed E-state index contributed by atoms with van der Waals surface area (Å²) in [6.07, 6.45) is 1.19. The molecule has 5 atom stereocenters. The molecule has 0 unspecified atom stereocenters. The van der Waals surface area contributed by atoms with Crippen LogP contribution in [0.15, 0.2) is 0 Å². The van der Waals surface area contributed by atoms with E-state index in [-0.39, 0.29) is 23.2 Å². The molecule has 1 saturated carbocycles. The quantitative estimate of drug-likeness (QED) is 0.659. The first-order valence-corrected chi connectivity index (χ1v) is 6.22. The molecule has 4 heteroatoms. The first kappa shape index (κ1) is 12.4. The van der Waals surface area contributed by atoms with E-state index < -0.39 is 12.3 Å². The average molecular weight is 240 g/mol. The number of ether oxygens (including phenoxy) is 2. The van der Waals surface area contributed by atoms with Gasteiger partial charge in [0.25, 0.3) is 6.29 Å². The SMILES string of the molecule is CC(=O)O[C@H]1OC(=O)[C@H]2[C@@H](C)C[C@@H](C)C[C@@]12C. The first-order valence-electron chi connectivity index (χ1n) is 6.22. The summed E-state index contributed by atoms with van der Waals surface area (Å²) < 4.78 is 10.4. The van der Waals surface area contributed by atoms with Gasteiger partial charge in [0.15, 0.2) is 0 Å². The number of rotatable bonds is 1. The van der Waals surface area contributed by atoms with E-state index in [0.717, 1.165) is 12.8 Å². The molecule has 2 rings (SSSR count). The Labute approximate surface area is 102 Å². The van der Waals surface area contributed by atoms with E-state index in [1.807, 2.05) is 6.92 Å². The Kier molecular flexibility index (Phi) is 2.92. The van der Waals surface area contributed by atoms with E-state index >= 15 is 0 Å². The van der Waals surface area contributed by atoms with Gasteiger partial charge in [0, 0.05) is 6.92 Å². The zero-order chi connectivity index (χ0) is 12.8. The monoisotopic (exact) mass is 240 g/mol. The van der Waals surface area contributed by atoms with E-state index in [1.54, 1.807) is 0 Å². The topological polar surface area (TPSA) is 52.6 Å². The van der Waals surface area contributed by atoms with Gasteiger partial charge in [-0.05, 0) is 24.7 Å². The Hall–Kier alpha value is -1.06. The molecule has 0 amide bonds. The molecule has 2 aliphatic rings. The molecule has 1 aliphatic heterocycles. The molecular formula is C13H20O4. The molecule has 0 aromatic carbocycles. The molecule has 2 fully saturated rings. The zero-order valence-corrected chi connectivity index (χ0v) is 10.9. The lowest BCUT2D eigenvalue weighted by Crippen LogP contribution is -2.44. The summed E-state index contributed by atoms with van der Waals surface area (Å²) in [5, 5.41) is 0. The number of cyclic esters (lactones) is 1.